The van der Waals surface area contributed by atoms with Gasteiger partial charge in [0.05, 0.1) is 0 Å². The fraction of sp³-hybridized carbons (Fsp3) is 0.577. The lowest BCUT2D eigenvalue weighted by atomic mass is 9.73. The summed E-state index contributed by atoms with van der Waals surface area (Å²) in [6.45, 7) is 7.07. The van der Waals surface area contributed by atoms with Crippen molar-refractivity contribution < 1.29 is 0 Å². The normalized spacial score (nSPS) is 21.1. The molecule has 0 bridgehead atoms. The first kappa shape index (κ1) is 20.1. The number of pyridine rings is 1. The van der Waals surface area contributed by atoms with Crippen LogP contribution in [0.1, 0.15) is 89.2 Å². The van der Waals surface area contributed by atoms with E-state index in [0.29, 0.717) is 5.92 Å². The Balaban J connectivity index is 1.84. The van der Waals surface area contributed by atoms with Crippen LogP contribution >= 0.6 is 0 Å². The third-order valence-electron chi connectivity index (χ3n) is 6.88. The van der Waals surface area contributed by atoms with Gasteiger partial charge in [0, 0.05) is 12.4 Å². The van der Waals surface area contributed by atoms with E-state index in [1.54, 1.807) is 0 Å². The molecule has 1 saturated carbocycles. The third-order valence-corrected chi connectivity index (χ3v) is 6.88. The highest BCUT2D eigenvalue weighted by atomic mass is 14.6. The molecule has 1 heteroatoms. The van der Waals surface area contributed by atoms with Gasteiger partial charge in [-0.3, -0.25) is 4.98 Å². The molecule has 3 rings (SSSR count). The topological polar surface area (TPSA) is 12.9 Å². The minimum absolute atomic E-state index is 0.593. The Morgan fingerprint density at radius 3 is 2.48 bits per heavy atom. The smallest absolute Gasteiger partial charge is 0.0308 e. The van der Waals surface area contributed by atoms with Crippen molar-refractivity contribution in [2.75, 3.05) is 0 Å². The van der Waals surface area contributed by atoms with Gasteiger partial charge in [-0.15, -0.1) is 0 Å². The Kier molecular flexibility index (Phi) is 7.50. The van der Waals surface area contributed by atoms with Crippen LogP contribution in [-0.2, 0) is 6.42 Å². The van der Waals surface area contributed by atoms with Crippen molar-refractivity contribution in [1.29, 1.82) is 0 Å². The van der Waals surface area contributed by atoms with E-state index < -0.39 is 0 Å². The van der Waals surface area contributed by atoms with E-state index in [9.17, 15) is 0 Å². The zero-order chi connectivity index (χ0) is 19.1. The number of hydrogen-bond donors (Lipinski definition) is 0. The van der Waals surface area contributed by atoms with Gasteiger partial charge >= 0.3 is 0 Å². The highest BCUT2D eigenvalue weighted by molar-refractivity contribution is 5.71. The van der Waals surface area contributed by atoms with E-state index in [1.807, 2.05) is 6.20 Å². The second kappa shape index (κ2) is 10.1. The van der Waals surface area contributed by atoms with Gasteiger partial charge < -0.3 is 0 Å². The van der Waals surface area contributed by atoms with Gasteiger partial charge in [0.25, 0.3) is 0 Å². The summed E-state index contributed by atoms with van der Waals surface area (Å²) in [5.41, 5.74) is 5.81. The van der Waals surface area contributed by atoms with Gasteiger partial charge in [0.1, 0.15) is 0 Å². The summed E-state index contributed by atoms with van der Waals surface area (Å²) in [6, 6.07) is 11.3. The number of benzene rings is 1. The summed E-state index contributed by atoms with van der Waals surface area (Å²) < 4.78 is 0. The van der Waals surface area contributed by atoms with Crippen LogP contribution in [-0.4, -0.2) is 4.98 Å². The van der Waals surface area contributed by atoms with Gasteiger partial charge in [-0.1, -0.05) is 77.1 Å². The minimum Gasteiger partial charge on any atom is -0.264 e. The van der Waals surface area contributed by atoms with Crippen molar-refractivity contribution in [2.45, 2.75) is 84.5 Å². The predicted molar refractivity (Wildman–Crippen MR) is 117 cm³/mol. The van der Waals surface area contributed by atoms with Crippen LogP contribution < -0.4 is 0 Å². The zero-order valence-electron chi connectivity index (χ0n) is 17.6. The molecule has 1 fully saturated rings. The molecule has 1 atom stereocenters. The molecule has 0 N–H and O–H groups in total. The van der Waals surface area contributed by atoms with Crippen molar-refractivity contribution in [3.05, 3.63) is 53.9 Å². The maximum atomic E-state index is 4.52. The largest absolute Gasteiger partial charge is 0.264 e. The lowest BCUT2D eigenvalue weighted by molar-refractivity contribution is 0.244. The summed E-state index contributed by atoms with van der Waals surface area (Å²) in [5, 5.41) is 0. The summed E-state index contributed by atoms with van der Waals surface area (Å²) >= 11 is 0. The number of nitrogens with zero attached hydrogens (tertiary/aromatic N) is 1. The molecule has 0 spiro atoms. The molecule has 0 amide bonds. The lowest BCUT2D eigenvalue weighted by Crippen LogP contribution is -2.19. The molecule has 1 aliphatic rings. The van der Waals surface area contributed by atoms with Crippen LogP contribution in [0, 0.1) is 11.8 Å². The standard InChI is InChI=1S/C26H37N/c1-4-6-7-10-23-11-8-9-12-24(23)25-17-18-27-19-26(25)20(3)22-15-13-21(5-2)14-16-22/h8-9,11-12,17-22H,4-7,10,13-16H2,1-3H3. The monoisotopic (exact) mass is 363 g/mol. The van der Waals surface area contributed by atoms with Crippen molar-refractivity contribution >= 4 is 0 Å². The molecule has 27 heavy (non-hydrogen) atoms. The van der Waals surface area contributed by atoms with Crippen LogP contribution in [0.3, 0.4) is 0 Å². The fourth-order valence-electron chi connectivity index (χ4n) is 4.93. The van der Waals surface area contributed by atoms with Crippen LogP contribution in [0.25, 0.3) is 11.1 Å². The van der Waals surface area contributed by atoms with Crippen LogP contribution in [0.15, 0.2) is 42.7 Å². The van der Waals surface area contributed by atoms with Gasteiger partial charge in [-0.05, 0) is 71.8 Å². The maximum Gasteiger partial charge on any atom is 0.0308 e. The third kappa shape index (κ3) is 5.00. The average molecular weight is 364 g/mol. The maximum absolute atomic E-state index is 4.52. The van der Waals surface area contributed by atoms with Gasteiger partial charge in [-0.2, -0.15) is 0 Å². The minimum atomic E-state index is 0.593. The van der Waals surface area contributed by atoms with E-state index in [0.717, 1.165) is 11.8 Å². The van der Waals surface area contributed by atoms with Gasteiger partial charge in [-0.25, -0.2) is 0 Å². The zero-order valence-corrected chi connectivity index (χ0v) is 17.6. The molecule has 1 aromatic carbocycles. The Bertz CT molecular complexity index is 697. The summed E-state index contributed by atoms with van der Waals surface area (Å²) in [6.07, 6.45) is 16.1. The number of unbranched alkanes of at least 4 members (excludes halogenated alkanes) is 2. The molecule has 0 saturated heterocycles. The molecule has 1 unspecified atom stereocenters. The lowest BCUT2D eigenvalue weighted by Gasteiger charge is -2.33. The molecule has 1 nitrogen and oxygen atoms in total. The van der Waals surface area contributed by atoms with Crippen LogP contribution in [0.4, 0.5) is 0 Å². The van der Waals surface area contributed by atoms with E-state index in [1.165, 1.54) is 80.0 Å². The highest BCUT2D eigenvalue weighted by Gasteiger charge is 2.27. The SMILES string of the molecule is CCCCCc1ccccc1-c1ccncc1C(C)C1CCC(CC)CC1. The van der Waals surface area contributed by atoms with Crippen molar-refractivity contribution in [3.63, 3.8) is 0 Å². The highest BCUT2D eigenvalue weighted by Crippen LogP contribution is 2.42. The van der Waals surface area contributed by atoms with Gasteiger partial charge in [0.2, 0.25) is 0 Å². The molecular weight excluding hydrogens is 326 g/mol. The molecule has 0 aliphatic heterocycles. The molecule has 2 aromatic rings. The molecule has 1 heterocycles. The Morgan fingerprint density at radius 1 is 0.963 bits per heavy atom. The Hall–Kier alpha value is -1.63. The second-order valence-electron chi connectivity index (χ2n) is 8.55. The van der Waals surface area contributed by atoms with Gasteiger partial charge in [0.15, 0.2) is 0 Å². The number of hydrogen-bond acceptors (Lipinski definition) is 1. The number of aromatic nitrogens is 1. The molecule has 0 radical (unpaired) electrons. The Labute approximate surface area is 166 Å². The molecule has 1 aliphatic carbocycles. The molecule has 146 valence electrons. The average Bonchev–Trinajstić information content (AvgIpc) is 2.74. The van der Waals surface area contributed by atoms with E-state index >= 15 is 0 Å². The van der Waals surface area contributed by atoms with Crippen LogP contribution in [0.5, 0.6) is 0 Å². The second-order valence-corrected chi connectivity index (χ2v) is 8.55. The molecule has 1 aromatic heterocycles. The first-order chi connectivity index (χ1) is 13.2. The first-order valence-corrected chi connectivity index (χ1v) is 11.3. The predicted octanol–water partition coefficient (Wildman–Crippen LogP) is 7.80. The van der Waals surface area contributed by atoms with Crippen molar-refractivity contribution in [2.24, 2.45) is 11.8 Å². The van der Waals surface area contributed by atoms with E-state index in [4.69, 9.17) is 0 Å². The quantitative estimate of drug-likeness (QED) is 0.436. The summed E-state index contributed by atoms with van der Waals surface area (Å²) in [4.78, 5) is 4.52. The van der Waals surface area contributed by atoms with Crippen molar-refractivity contribution in [3.8, 4) is 11.1 Å². The van der Waals surface area contributed by atoms with Crippen molar-refractivity contribution in [1.82, 2.24) is 4.98 Å². The molecular formula is C26H37N. The number of rotatable bonds is 8. The fourth-order valence-corrected chi connectivity index (χ4v) is 4.93. The van der Waals surface area contributed by atoms with E-state index in [2.05, 4.69) is 62.3 Å². The van der Waals surface area contributed by atoms with Crippen LogP contribution in [0.2, 0.25) is 0 Å². The van der Waals surface area contributed by atoms with E-state index in [-0.39, 0.29) is 0 Å². The first-order valence-electron chi connectivity index (χ1n) is 11.3. The Morgan fingerprint density at radius 2 is 1.74 bits per heavy atom. The summed E-state index contributed by atoms with van der Waals surface area (Å²) in [5.74, 6) is 2.36. The number of aryl methyl sites for hydroxylation is 1. The summed E-state index contributed by atoms with van der Waals surface area (Å²) in [7, 11) is 0.